The number of amides is 1. The Morgan fingerprint density at radius 2 is 2.09 bits per heavy atom. The number of carbonyl (C=O) groups is 1. The average molecular weight is 504 g/mol. The third-order valence-electron chi connectivity index (χ3n) is 4.87. The molecule has 180 valence electrons. The maximum Gasteiger partial charge on any atom is 0.435 e. The normalized spacial score (nSPS) is 11.4. The van der Waals surface area contributed by atoms with E-state index in [2.05, 4.69) is 25.7 Å². The van der Waals surface area contributed by atoms with Gasteiger partial charge in [-0.25, -0.2) is 9.97 Å². The topological polar surface area (TPSA) is 139 Å². The summed E-state index contributed by atoms with van der Waals surface area (Å²) in [5.74, 6) is -0.129. The monoisotopic (exact) mass is 503 g/mol. The second-order valence-electron chi connectivity index (χ2n) is 7.22. The molecule has 0 spiro atoms. The molecule has 4 aromatic rings. The van der Waals surface area contributed by atoms with Gasteiger partial charge in [0.05, 0.1) is 34.1 Å². The fourth-order valence-electron chi connectivity index (χ4n) is 3.37. The second kappa shape index (κ2) is 9.61. The first-order valence-corrected chi connectivity index (χ1v) is 10.5. The summed E-state index contributed by atoms with van der Waals surface area (Å²) in [5.41, 5.74) is 5.12. The molecular weight excluding hydrogens is 487 g/mol. The standard InChI is InChI=1S/C21H17ClF3N9O/c22-15-9-12(1-2-13(15)20(35)29-5-3-26)31-18-19-30-10-16(34(19)8-6-28-18)14-11-33(7-4-27)32-17(14)21(23,24)25/h1-2,6,8-11H,3,5,7,26H2,(H,28,31)(H,29,35). The molecule has 0 unspecified atom stereocenters. The maximum atomic E-state index is 13.6. The van der Waals surface area contributed by atoms with Crippen molar-refractivity contribution in [3.8, 4) is 17.3 Å². The van der Waals surface area contributed by atoms with E-state index >= 15 is 0 Å². The minimum Gasteiger partial charge on any atom is -0.351 e. The molecule has 4 rings (SSSR count). The summed E-state index contributed by atoms with van der Waals surface area (Å²) < 4.78 is 43.1. The number of imidazole rings is 1. The predicted molar refractivity (Wildman–Crippen MR) is 121 cm³/mol. The molecule has 35 heavy (non-hydrogen) atoms. The highest BCUT2D eigenvalue weighted by atomic mass is 35.5. The van der Waals surface area contributed by atoms with E-state index in [0.29, 0.717) is 12.2 Å². The van der Waals surface area contributed by atoms with Crippen molar-refractivity contribution in [2.24, 2.45) is 5.73 Å². The Labute approximate surface area is 201 Å². The Morgan fingerprint density at radius 3 is 2.77 bits per heavy atom. The van der Waals surface area contributed by atoms with Gasteiger partial charge in [-0.05, 0) is 18.2 Å². The number of hydrogen-bond donors (Lipinski definition) is 3. The fourth-order valence-corrected chi connectivity index (χ4v) is 3.64. The van der Waals surface area contributed by atoms with Crippen LogP contribution < -0.4 is 16.4 Å². The van der Waals surface area contributed by atoms with Crippen LogP contribution in [0.15, 0.2) is 43.0 Å². The number of hydrogen-bond acceptors (Lipinski definition) is 7. The van der Waals surface area contributed by atoms with Crippen LogP contribution >= 0.6 is 11.6 Å². The zero-order valence-corrected chi connectivity index (χ0v) is 18.6. The Balaban J connectivity index is 1.69. The summed E-state index contributed by atoms with van der Waals surface area (Å²) in [6.07, 6.45) is 0.537. The lowest BCUT2D eigenvalue weighted by Gasteiger charge is -2.10. The number of halogens is 4. The van der Waals surface area contributed by atoms with E-state index in [1.165, 1.54) is 35.1 Å². The van der Waals surface area contributed by atoms with Crippen LogP contribution in [-0.2, 0) is 12.7 Å². The first-order valence-electron chi connectivity index (χ1n) is 10.1. The number of carbonyl (C=O) groups excluding carboxylic acids is 1. The van der Waals surface area contributed by atoms with E-state index in [-0.39, 0.29) is 52.3 Å². The minimum absolute atomic E-state index is 0.118. The zero-order valence-electron chi connectivity index (χ0n) is 17.8. The molecule has 0 bridgehead atoms. The summed E-state index contributed by atoms with van der Waals surface area (Å²) in [6.45, 7) is 0.249. The van der Waals surface area contributed by atoms with Gasteiger partial charge in [0.1, 0.15) is 6.54 Å². The van der Waals surface area contributed by atoms with Crippen LogP contribution in [-0.4, -0.2) is 43.1 Å². The van der Waals surface area contributed by atoms with Crippen LogP contribution in [0.25, 0.3) is 16.9 Å². The van der Waals surface area contributed by atoms with Gasteiger partial charge in [-0.2, -0.15) is 23.5 Å². The zero-order chi connectivity index (χ0) is 25.2. The summed E-state index contributed by atoms with van der Waals surface area (Å²) in [5, 5.41) is 18.2. The summed E-state index contributed by atoms with van der Waals surface area (Å²) >= 11 is 6.25. The van der Waals surface area contributed by atoms with Crippen LogP contribution in [0.2, 0.25) is 5.02 Å². The van der Waals surface area contributed by atoms with Crippen molar-refractivity contribution in [2.75, 3.05) is 18.4 Å². The smallest absolute Gasteiger partial charge is 0.351 e. The van der Waals surface area contributed by atoms with Gasteiger partial charge in [0, 0.05) is 37.4 Å². The van der Waals surface area contributed by atoms with Gasteiger partial charge in [-0.3, -0.25) is 13.9 Å². The third kappa shape index (κ3) is 4.88. The summed E-state index contributed by atoms with van der Waals surface area (Å²) in [6, 6.07) is 6.41. The SMILES string of the molecule is N#CCn1cc(-c2cnc3c(Nc4ccc(C(=O)NCCN)c(Cl)c4)nccn23)c(C(F)(F)F)n1. The average Bonchev–Trinajstić information content (AvgIpc) is 3.42. The van der Waals surface area contributed by atoms with E-state index in [1.807, 2.05) is 0 Å². The molecule has 0 saturated heterocycles. The second-order valence-corrected chi connectivity index (χ2v) is 7.63. The van der Waals surface area contributed by atoms with E-state index in [9.17, 15) is 18.0 Å². The van der Waals surface area contributed by atoms with Gasteiger partial charge in [-0.15, -0.1) is 0 Å². The molecule has 3 aromatic heterocycles. The molecule has 0 aliphatic carbocycles. The molecule has 3 heterocycles. The van der Waals surface area contributed by atoms with Crippen LogP contribution in [0.4, 0.5) is 24.7 Å². The van der Waals surface area contributed by atoms with Gasteiger partial charge in [0.2, 0.25) is 0 Å². The molecule has 0 radical (unpaired) electrons. The number of fused-ring (bicyclic) bond motifs is 1. The number of rotatable bonds is 7. The molecular formula is C21H17ClF3N9O. The molecule has 4 N–H and O–H groups in total. The number of aromatic nitrogens is 5. The van der Waals surface area contributed by atoms with Crippen molar-refractivity contribution in [3.05, 3.63) is 59.3 Å². The lowest BCUT2D eigenvalue weighted by molar-refractivity contribution is -0.141. The first-order chi connectivity index (χ1) is 16.7. The van der Waals surface area contributed by atoms with Crippen molar-refractivity contribution in [2.45, 2.75) is 12.7 Å². The van der Waals surface area contributed by atoms with Gasteiger partial charge in [-0.1, -0.05) is 11.6 Å². The van der Waals surface area contributed by atoms with Crippen molar-refractivity contribution in [3.63, 3.8) is 0 Å². The number of anilines is 2. The van der Waals surface area contributed by atoms with Crippen molar-refractivity contribution < 1.29 is 18.0 Å². The van der Waals surface area contributed by atoms with Crippen LogP contribution in [0.5, 0.6) is 0 Å². The fraction of sp³-hybridized carbons (Fsp3) is 0.190. The van der Waals surface area contributed by atoms with Crippen molar-refractivity contribution in [1.29, 1.82) is 5.26 Å². The molecule has 10 nitrogen and oxygen atoms in total. The quantitative estimate of drug-likeness (QED) is 0.352. The van der Waals surface area contributed by atoms with Crippen LogP contribution in [0.3, 0.4) is 0 Å². The maximum absolute atomic E-state index is 13.6. The number of alkyl halides is 3. The Kier molecular flexibility index (Phi) is 6.59. The summed E-state index contributed by atoms with van der Waals surface area (Å²) in [4.78, 5) is 20.6. The Morgan fingerprint density at radius 1 is 1.29 bits per heavy atom. The molecule has 0 saturated carbocycles. The lowest BCUT2D eigenvalue weighted by atomic mass is 10.2. The highest BCUT2D eigenvalue weighted by Gasteiger charge is 2.38. The number of benzene rings is 1. The van der Waals surface area contributed by atoms with Gasteiger partial charge < -0.3 is 16.4 Å². The highest BCUT2D eigenvalue weighted by molar-refractivity contribution is 6.34. The molecule has 14 heteroatoms. The molecule has 0 aliphatic heterocycles. The largest absolute Gasteiger partial charge is 0.435 e. The van der Waals surface area contributed by atoms with E-state index in [4.69, 9.17) is 22.6 Å². The highest BCUT2D eigenvalue weighted by Crippen LogP contribution is 2.37. The number of nitrogens with zero attached hydrogens (tertiary/aromatic N) is 6. The number of nitrogens with two attached hydrogens (primary N) is 1. The minimum atomic E-state index is -4.73. The van der Waals surface area contributed by atoms with Gasteiger partial charge in [0.15, 0.2) is 17.2 Å². The molecule has 0 aliphatic rings. The Bertz CT molecular complexity index is 1440. The molecule has 0 atom stereocenters. The number of nitriles is 1. The van der Waals surface area contributed by atoms with Crippen molar-refractivity contribution >= 4 is 34.7 Å². The molecule has 1 amide bonds. The molecule has 1 aromatic carbocycles. The van der Waals surface area contributed by atoms with E-state index in [0.717, 1.165) is 10.9 Å². The first kappa shape index (κ1) is 24.0. The van der Waals surface area contributed by atoms with Gasteiger partial charge in [0.25, 0.3) is 5.91 Å². The van der Waals surface area contributed by atoms with Crippen molar-refractivity contribution in [1.82, 2.24) is 29.5 Å². The van der Waals surface area contributed by atoms with Crippen LogP contribution in [0.1, 0.15) is 16.1 Å². The Hall–Kier alpha value is -4.15. The van der Waals surface area contributed by atoms with E-state index in [1.54, 1.807) is 12.1 Å². The number of nitrogens with one attached hydrogen (secondary N) is 2. The lowest BCUT2D eigenvalue weighted by Crippen LogP contribution is -2.29. The predicted octanol–water partition coefficient (Wildman–Crippen LogP) is 3.22. The third-order valence-corrected chi connectivity index (χ3v) is 5.19. The van der Waals surface area contributed by atoms with Gasteiger partial charge >= 0.3 is 6.18 Å². The van der Waals surface area contributed by atoms with Crippen LogP contribution in [0, 0.1) is 11.3 Å². The summed E-state index contributed by atoms with van der Waals surface area (Å²) in [7, 11) is 0. The van der Waals surface area contributed by atoms with E-state index < -0.39 is 11.9 Å². The molecule has 0 fully saturated rings.